The van der Waals surface area contributed by atoms with E-state index in [-0.39, 0.29) is 0 Å². The summed E-state index contributed by atoms with van der Waals surface area (Å²) in [6, 6.07) is 15.6. The number of hydrogen-bond acceptors (Lipinski definition) is 5. The number of nitrogens with zero attached hydrogens (tertiary/aromatic N) is 2. The number of thioether (sulfide) groups is 1. The minimum atomic E-state index is 0.636. The van der Waals surface area contributed by atoms with E-state index in [4.69, 9.17) is 16.0 Å². The highest BCUT2D eigenvalue weighted by Gasteiger charge is 2.09. The molecule has 4 rings (SSSR count). The van der Waals surface area contributed by atoms with E-state index in [1.165, 1.54) is 11.8 Å². The first kappa shape index (κ1) is 14.8. The van der Waals surface area contributed by atoms with Crippen molar-refractivity contribution in [2.45, 2.75) is 11.0 Å². The van der Waals surface area contributed by atoms with Crippen molar-refractivity contribution in [3.05, 3.63) is 64.6 Å². The number of thiazole rings is 1. The number of benzene rings is 2. The van der Waals surface area contributed by atoms with Crippen LogP contribution in [0.25, 0.3) is 21.7 Å². The minimum absolute atomic E-state index is 0.636. The topological polar surface area (TPSA) is 38.9 Å². The Bertz CT molecular complexity index is 950. The van der Waals surface area contributed by atoms with Crippen LogP contribution in [0, 0.1) is 0 Å². The second-order valence-corrected chi connectivity index (χ2v) is 7.11. The van der Waals surface area contributed by atoms with Crippen LogP contribution >= 0.6 is 34.7 Å². The Morgan fingerprint density at radius 2 is 1.96 bits per heavy atom. The fourth-order valence-electron chi connectivity index (χ4n) is 2.16. The van der Waals surface area contributed by atoms with Gasteiger partial charge in [0.15, 0.2) is 5.58 Å². The van der Waals surface area contributed by atoms with Gasteiger partial charge in [0, 0.05) is 21.7 Å². The molecule has 0 saturated heterocycles. The summed E-state index contributed by atoms with van der Waals surface area (Å²) in [5.74, 6) is 0.726. The first-order valence-corrected chi connectivity index (χ1v) is 9.21. The largest absolute Gasteiger partial charge is 0.431 e. The van der Waals surface area contributed by atoms with Crippen LogP contribution in [0.4, 0.5) is 0 Å². The van der Waals surface area contributed by atoms with Crippen LogP contribution < -0.4 is 0 Å². The quantitative estimate of drug-likeness (QED) is 0.426. The predicted molar refractivity (Wildman–Crippen MR) is 96.1 cm³/mol. The Morgan fingerprint density at radius 3 is 2.83 bits per heavy atom. The summed E-state index contributed by atoms with van der Waals surface area (Å²) < 4.78 is 5.71. The van der Waals surface area contributed by atoms with Crippen molar-refractivity contribution in [1.82, 2.24) is 9.97 Å². The van der Waals surface area contributed by atoms with Crippen molar-refractivity contribution in [3.8, 4) is 10.6 Å². The molecule has 114 valence electrons. The Hall–Kier alpha value is -1.82. The van der Waals surface area contributed by atoms with Crippen LogP contribution in [-0.4, -0.2) is 9.97 Å². The van der Waals surface area contributed by atoms with E-state index >= 15 is 0 Å². The lowest BCUT2D eigenvalue weighted by Gasteiger charge is -1.94. The van der Waals surface area contributed by atoms with E-state index in [2.05, 4.69) is 27.5 Å². The van der Waals surface area contributed by atoms with Gasteiger partial charge in [0.25, 0.3) is 5.22 Å². The van der Waals surface area contributed by atoms with Crippen molar-refractivity contribution in [3.63, 3.8) is 0 Å². The summed E-state index contributed by atoms with van der Waals surface area (Å²) in [4.78, 5) is 9.11. The zero-order chi connectivity index (χ0) is 15.6. The number of rotatable bonds is 4. The first-order chi connectivity index (χ1) is 11.3. The molecule has 2 heterocycles. The number of halogens is 1. The van der Waals surface area contributed by atoms with Gasteiger partial charge in [-0.25, -0.2) is 9.97 Å². The smallest absolute Gasteiger partial charge is 0.257 e. The van der Waals surface area contributed by atoms with Gasteiger partial charge in [-0.3, -0.25) is 0 Å². The molecular weight excluding hydrogens is 348 g/mol. The average Bonchev–Trinajstić information content (AvgIpc) is 3.20. The van der Waals surface area contributed by atoms with Crippen LogP contribution in [0.15, 0.2) is 63.6 Å². The van der Waals surface area contributed by atoms with Gasteiger partial charge in [-0.05, 0) is 18.2 Å². The van der Waals surface area contributed by atoms with Crippen molar-refractivity contribution in [2.75, 3.05) is 0 Å². The molecule has 4 aromatic rings. The Labute approximate surface area is 146 Å². The van der Waals surface area contributed by atoms with E-state index in [1.807, 2.05) is 24.3 Å². The molecule has 0 amide bonds. The van der Waals surface area contributed by atoms with Crippen molar-refractivity contribution in [2.24, 2.45) is 0 Å². The molecule has 6 heteroatoms. The van der Waals surface area contributed by atoms with Gasteiger partial charge < -0.3 is 4.42 Å². The molecule has 2 aromatic carbocycles. The van der Waals surface area contributed by atoms with E-state index < -0.39 is 0 Å². The summed E-state index contributed by atoms with van der Waals surface area (Å²) in [6.07, 6.45) is 0. The van der Waals surface area contributed by atoms with Crippen LogP contribution in [0.5, 0.6) is 0 Å². The highest BCUT2D eigenvalue weighted by Crippen LogP contribution is 2.30. The third-order valence-electron chi connectivity index (χ3n) is 3.25. The summed E-state index contributed by atoms with van der Waals surface area (Å²) in [7, 11) is 0. The average molecular weight is 359 g/mol. The lowest BCUT2D eigenvalue weighted by molar-refractivity contribution is 0.489. The highest BCUT2D eigenvalue weighted by molar-refractivity contribution is 7.98. The molecule has 23 heavy (non-hydrogen) atoms. The van der Waals surface area contributed by atoms with E-state index in [0.717, 1.165) is 33.1 Å². The zero-order valence-electron chi connectivity index (χ0n) is 11.9. The van der Waals surface area contributed by atoms with Crippen molar-refractivity contribution < 1.29 is 4.42 Å². The summed E-state index contributed by atoms with van der Waals surface area (Å²) in [5.41, 5.74) is 3.70. The minimum Gasteiger partial charge on any atom is -0.431 e. The third-order valence-corrected chi connectivity index (χ3v) is 5.28. The monoisotopic (exact) mass is 358 g/mol. The predicted octanol–water partition coefficient (Wildman–Crippen LogP) is 5.90. The van der Waals surface area contributed by atoms with Crippen LogP contribution in [0.3, 0.4) is 0 Å². The Morgan fingerprint density at radius 1 is 1.09 bits per heavy atom. The second-order valence-electron chi connectivity index (χ2n) is 4.89. The van der Waals surface area contributed by atoms with Gasteiger partial charge in [-0.2, -0.15) is 0 Å². The summed E-state index contributed by atoms with van der Waals surface area (Å²) >= 11 is 9.15. The molecule has 0 N–H and O–H groups in total. The number of hydrogen-bond donors (Lipinski definition) is 0. The molecule has 3 nitrogen and oxygen atoms in total. The number of aromatic nitrogens is 2. The van der Waals surface area contributed by atoms with Crippen LogP contribution in [0.1, 0.15) is 5.69 Å². The lowest BCUT2D eigenvalue weighted by atomic mass is 10.2. The molecule has 0 atom stereocenters. The molecule has 0 fully saturated rings. The van der Waals surface area contributed by atoms with Crippen molar-refractivity contribution in [1.29, 1.82) is 0 Å². The fourth-order valence-corrected chi connectivity index (χ4v) is 3.99. The first-order valence-electron chi connectivity index (χ1n) is 6.97. The summed E-state index contributed by atoms with van der Waals surface area (Å²) in [6.45, 7) is 0. The molecule has 0 spiro atoms. The molecule has 0 saturated carbocycles. The van der Waals surface area contributed by atoms with Crippen LogP contribution in [-0.2, 0) is 5.75 Å². The zero-order valence-corrected chi connectivity index (χ0v) is 14.3. The molecule has 0 aliphatic heterocycles. The van der Waals surface area contributed by atoms with Gasteiger partial charge in [0.1, 0.15) is 10.5 Å². The van der Waals surface area contributed by atoms with Gasteiger partial charge in [0.2, 0.25) is 0 Å². The SMILES string of the molecule is Clc1ccc2oc(SCc3csc(-c4ccccc4)n3)nc2c1. The number of fused-ring (bicyclic) bond motifs is 1. The lowest BCUT2D eigenvalue weighted by Crippen LogP contribution is -1.82. The third kappa shape index (κ3) is 3.27. The standard InChI is InChI=1S/C17H11ClN2OS2/c18-12-6-7-15-14(8-12)20-17(21-15)23-10-13-9-22-16(19-13)11-4-2-1-3-5-11/h1-9H,10H2. The van der Waals surface area contributed by atoms with E-state index in [0.29, 0.717) is 10.2 Å². The van der Waals surface area contributed by atoms with E-state index in [9.17, 15) is 0 Å². The highest BCUT2D eigenvalue weighted by atomic mass is 35.5. The Kier molecular flexibility index (Phi) is 4.08. The number of oxazole rings is 1. The molecule has 2 aromatic heterocycles. The Balaban J connectivity index is 1.49. The molecule has 0 aliphatic carbocycles. The molecule has 0 radical (unpaired) electrons. The normalized spacial score (nSPS) is 11.2. The molecule has 0 unspecified atom stereocenters. The van der Waals surface area contributed by atoms with Gasteiger partial charge in [0.05, 0.1) is 5.69 Å². The second kappa shape index (κ2) is 6.35. The maximum absolute atomic E-state index is 5.96. The summed E-state index contributed by atoms with van der Waals surface area (Å²) in [5, 5.41) is 4.41. The van der Waals surface area contributed by atoms with E-state index in [1.54, 1.807) is 23.5 Å². The van der Waals surface area contributed by atoms with Gasteiger partial charge >= 0.3 is 0 Å². The molecule has 0 aliphatic rings. The maximum atomic E-state index is 5.96. The maximum Gasteiger partial charge on any atom is 0.257 e. The molecule has 0 bridgehead atoms. The fraction of sp³-hybridized carbons (Fsp3) is 0.0588. The van der Waals surface area contributed by atoms with Gasteiger partial charge in [-0.1, -0.05) is 53.7 Å². The van der Waals surface area contributed by atoms with Crippen LogP contribution in [0.2, 0.25) is 5.02 Å². The van der Waals surface area contributed by atoms with Crippen molar-refractivity contribution >= 4 is 45.8 Å². The molecular formula is C17H11ClN2OS2. The van der Waals surface area contributed by atoms with Gasteiger partial charge in [-0.15, -0.1) is 11.3 Å².